The zero-order chi connectivity index (χ0) is 11.0. The van der Waals surface area contributed by atoms with Gasteiger partial charge in [0, 0.05) is 13.3 Å². The number of hydrogen-bond acceptors (Lipinski definition) is 5. The van der Waals surface area contributed by atoms with Crippen LogP contribution in [0.2, 0.25) is 0 Å². The number of esters is 1. The van der Waals surface area contributed by atoms with Crippen molar-refractivity contribution in [1.82, 2.24) is 0 Å². The summed E-state index contributed by atoms with van der Waals surface area (Å²) in [6.07, 6.45) is -0.0607. The van der Waals surface area contributed by atoms with E-state index in [9.17, 15) is 4.79 Å². The molecule has 2 unspecified atom stereocenters. The lowest BCUT2D eigenvalue weighted by molar-refractivity contribution is -0.164. The zero-order valence-electron chi connectivity index (χ0n) is 8.18. The van der Waals surface area contributed by atoms with E-state index >= 15 is 0 Å². The third-order valence-corrected chi connectivity index (χ3v) is 1.43. The van der Waals surface area contributed by atoms with Gasteiger partial charge in [0.05, 0.1) is 12.7 Å². The molecule has 82 valence electrons. The second kappa shape index (κ2) is 7.49. The minimum absolute atomic E-state index is 0.176. The van der Waals surface area contributed by atoms with Crippen LogP contribution in [0.3, 0.4) is 0 Å². The van der Waals surface area contributed by atoms with Gasteiger partial charge in [-0.15, -0.1) is 6.58 Å². The summed E-state index contributed by atoms with van der Waals surface area (Å²) < 4.78 is 9.33. The Morgan fingerprint density at radius 2 is 2.21 bits per heavy atom. The van der Waals surface area contributed by atoms with Gasteiger partial charge in [0.1, 0.15) is 6.61 Å². The molecule has 0 bridgehead atoms. The summed E-state index contributed by atoms with van der Waals surface area (Å²) in [4.78, 5) is 10.3. The Labute approximate surface area is 82.9 Å². The summed E-state index contributed by atoms with van der Waals surface area (Å²) in [6, 6.07) is 0. The molecule has 0 rings (SSSR count). The molecule has 0 spiro atoms. The van der Waals surface area contributed by atoms with Gasteiger partial charge < -0.3 is 19.7 Å². The monoisotopic (exact) mass is 204 g/mol. The zero-order valence-corrected chi connectivity index (χ0v) is 8.18. The van der Waals surface area contributed by atoms with Crippen LogP contribution in [0.25, 0.3) is 0 Å². The Bertz CT molecular complexity index is 180. The highest BCUT2D eigenvalue weighted by Crippen LogP contribution is 1.96. The average Bonchev–Trinajstić information content (AvgIpc) is 2.14. The Hall–Kier alpha value is -0.910. The predicted octanol–water partition coefficient (Wildman–Crippen LogP) is -0.179. The molecule has 0 aliphatic rings. The van der Waals surface area contributed by atoms with Crippen molar-refractivity contribution in [2.75, 3.05) is 13.2 Å². The molecule has 0 aliphatic heterocycles. The number of aliphatic hydroxyl groups is 2. The molecule has 0 fully saturated rings. The summed E-state index contributed by atoms with van der Waals surface area (Å²) in [5.41, 5.74) is 0. The molecule has 0 aromatic carbocycles. The topological polar surface area (TPSA) is 76.0 Å². The quantitative estimate of drug-likeness (QED) is 0.342. The molecular weight excluding hydrogens is 188 g/mol. The minimum Gasteiger partial charge on any atom is -0.460 e. The van der Waals surface area contributed by atoms with Crippen molar-refractivity contribution in [2.45, 2.75) is 25.7 Å². The van der Waals surface area contributed by atoms with Gasteiger partial charge in [-0.1, -0.05) is 6.08 Å². The molecule has 14 heavy (non-hydrogen) atoms. The van der Waals surface area contributed by atoms with Crippen LogP contribution in [0.4, 0.5) is 0 Å². The van der Waals surface area contributed by atoms with Crippen LogP contribution in [0.15, 0.2) is 12.7 Å². The van der Waals surface area contributed by atoms with E-state index in [-0.39, 0.29) is 13.2 Å². The van der Waals surface area contributed by atoms with E-state index < -0.39 is 18.4 Å². The number of ether oxygens (including phenoxy) is 2. The van der Waals surface area contributed by atoms with E-state index in [0.717, 1.165) is 0 Å². The fourth-order valence-electron chi connectivity index (χ4n) is 0.679. The molecular formula is C9H16O5. The third-order valence-electron chi connectivity index (χ3n) is 1.43. The highest BCUT2D eigenvalue weighted by Gasteiger charge is 2.06. The maximum absolute atomic E-state index is 10.3. The first-order valence-electron chi connectivity index (χ1n) is 4.30. The SMILES string of the molecule is C=CC(O)CCOC(O)COC(C)=O. The molecule has 0 saturated carbocycles. The van der Waals surface area contributed by atoms with Crippen molar-refractivity contribution in [2.24, 2.45) is 0 Å². The lowest BCUT2D eigenvalue weighted by Crippen LogP contribution is -2.22. The molecule has 0 amide bonds. The Morgan fingerprint density at radius 3 is 2.71 bits per heavy atom. The summed E-state index contributed by atoms with van der Waals surface area (Å²) in [5, 5.41) is 18.1. The summed E-state index contributed by atoms with van der Waals surface area (Å²) in [5.74, 6) is -0.473. The van der Waals surface area contributed by atoms with E-state index in [1.54, 1.807) is 0 Å². The van der Waals surface area contributed by atoms with Gasteiger partial charge >= 0.3 is 5.97 Å². The highest BCUT2D eigenvalue weighted by atomic mass is 16.6. The Balaban J connectivity index is 3.39. The second-order valence-electron chi connectivity index (χ2n) is 2.72. The van der Waals surface area contributed by atoms with Crippen LogP contribution in [-0.4, -0.2) is 41.8 Å². The molecule has 0 aromatic heterocycles. The molecule has 0 aliphatic carbocycles. The van der Waals surface area contributed by atoms with E-state index in [1.165, 1.54) is 13.0 Å². The molecule has 2 atom stereocenters. The molecule has 0 aromatic rings. The second-order valence-corrected chi connectivity index (χ2v) is 2.72. The largest absolute Gasteiger partial charge is 0.460 e. The minimum atomic E-state index is -1.14. The van der Waals surface area contributed by atoms with Crippen LogP contribution in [0, 0.1) is 0 Å². The van der Waals surface area contributed by atoms with Crippen molar-refractivity contribution in [3.05, 3.63) is 12.7 Å². The first kappa shape index (κ1) is 13.1. The van der Waals surface area contributed by atoms with Crippen LogP contribution in [0.1, 0.15) is 13.3 Å². The standard InChI is InChI=1S/C9H16O5/c1-3-8(11)4-5-13-9(12)6-14-7(2)10/h3,8-9,11-12H,1,4-6H2,2H3. The molecule has 0 heterocycles. The maximum atomic E-state index is 10.3. The lowest BCUT2D eigenvalue weighted by atomic mass is 10.3. The maximum Gasteiger partial charge on any atom is 0.302 e. The third kappa shape index (κ3) is 7.72. The van der Waals surface area contributed by atoms with Gasteiger partial charge in [0.15, 0.2) is 6.29 Å². The van der Waals surface area contributed by atoms with Crippen molar-refractivity contribution in [3.8, 4) is 0 Å². The van der Waals surface area contributed by atoms with Crippen LogP contribution in [-0.2, 0) is 14.3 Å². The number of rotatable bonds is 7. The number of carbonyl (C=O) groups excluding carboxylic acids is 1. The average molecular weight is 204 g/mol. The molecule has 0 radical (unpaired) electrons. The summed E-state index contributed by atoms with van der Waals surface area (Å²) in [7, 11) is 0. The van der Waals surface area contributed by atoms with Gasteiger partial charge in [0.25, 0.3) is 0 Å². The normalized spacial score (nSPS) is 14.5. The Morgan fingerprint density at radius 1 is 1.57 bits per heavy atom. The first-order chi connectivity index (χ1) is 6.56. The van der Waals surface area contributed by atoms with E-state index in [1.807, 2.05) is 0 Å². The van der Waals surface area contributed by atoms with Crippen molar-refractivity contribution < 1.29 is 24.5 Å². The van der Waals surface area contributed by atoms with Gasteiger partial charge in [-0.3, -0.25) is 4.79 Å². The van der Waals surface area contributed by atoms with Crippen LogP contribution >= 0.6 is 0 Å². The fourth-order valence-corrected chi connectivity index (χ4v) is 0.679. The van der Waals surface area contributed by atoms with Crippen molar-refractivity contribution >= 4 is 5.97 Å². The van der Waals surface area contributed by atoms with E-state index in [0.29, 0.717) is 6.42 Å². The molecule has 0 saturated heterocycles. The smallest absolute Gasteiger partial charge is 0.302 e. The summed E-state index contributed by atoms with van der Waals surface area (Å²) >= 11 is 0. The van der Waals surface area contributed by atoms with Crippen LogP contribution < -0.4 is 0 Å². The molecule has 2 N–H and O–H groups in total. The molecule has 5 heteroatoms. The highest BCUT2D eigenvalue weighted by molar-refractivity contribution is 5.65. The van der Waals surface area contributed by atoms with E-state index in [4.69, 9.17) is 14.9 Å². The van der Waals surface area contributed by atoms with Crippen molar-refractivity contribution in [3.63, 3.8) is 0 Å². The van der Waals surface area contributed by atoms with Crippen molar-refractivity contribution in [1.29, 1.82) is 0 Å². The predicted molar refractivity (Wildman–Crippen MR) is 49.4 cm³/mol. The summed E-state index contributed by atoms with van der Waals surface area (Å²) in [6.45, 7) is 4.61. The first-order valence-corrected chi connectivity index (χ1v) is 4.30. The van der Waals surface area contributed by atoms with Crippen LogP contribution in [0.5, 0.6) is 0 Å². The number of carbonyl (C=O) groups is 1. The van der Waals surface area contributed by atoms with Gasteiger partial charge in [-0.25, -0.2) is 0 Å². The fraction of sp³-hybridized carbons (Fsp3) is 0.667. The van der Waals surface area contributed by atoms with Gasteiger partial charge in [0.2, 0.25) is 0 Å². The van der Waals surface area contributed by atoms with E-state index in [2.05, 4.69) is 11.3 Å². The van der Waals surface area contributed by atoms with Gasteiger partial charge in [-0.2, -0.15) is 0 Å². The van der Waals surface area contributed by atoms with Gasteiger partial charge in [-0.05, 0) is 0 Å². The molecule has 5 nitrogen and oxygen atoms in total. The number of hydrogen-bond donors (Lipinski definition) is 2. The Kier molecular flexibility index (Phi) is 7.00. The lowest BCUT2D eigenvalue weighted by Gasteiger charge is -2.12. The number of aliphatic hydroxyl groups excluding tert-OH is 2.